The van der Waals surface area contributed by atoms with Gasteiger partial charge in [-0.2, -0.15) is 0 Å². The highest BCUT2D eigenvalue weighted by Gasteiger charge is 2.12. The van der Waals surface area contributed by atoms with Crippen LogP contribution in [0, 0.1) is 0 Å². The molecule has 0 aliphatic rings. The van der Waals surface area contributed by atoms with Crippen LogP contribution in [-0.4, -0.2) is 36.4 Å². The Morgan fingerprint density at radius 1 is 1.67 bits per heavy atom. The lowest BCUT2D eigenvalue weighted by molar-refractivity contribution is 0.0802. The molecule has 1 heterocycles. The van der Waals surface area contributed by atoms with Crippen molar-refractivity contribution >= 4 is 23.3 Å². The Bertz CT molecular complexity index is 368. The lowest BCUT2D eigenvalue weighted by atomic mass is 10.2. The number of anilines is 1. The fourth-order valence-electron chi connectivity index (χ4n) is 1.10. The highest BCUT2D eigenvalue weighted by molar-refractivity contribution is 6.33. The van der Waals surface area contributed by atoms with Crippen LogP contribution >= 0.6 is 11.6 Å². The molecule has 0 aromatic carbocycles. The number of nitrogens with one attached hydrogen (secondary N) is 1. The molecular formula is C10H14ClN3O. The summed E-state index contributed by atoms with van der Waals surface area (Å²) in [4.78, 5) is 17.4. The van der Waals surface area contributed by atoms with E-state index in [2.05, 4.69) is 10.3 Å². The van der Waals surface area contributed by atoms with Crippen LogP contribution < -0.4 is 5.32 Å². The summed E-state index contributed by atoms with van der Waals surface area (Å²) in [6.45, 7) is 2.57. The monoisotopic (exact) mass is 227 g/mol. The first kappa shape index (κ1) is 11.8. The molecular weight excluding hydrogens is 214 g/mol. The second-order valence-electron chi connectivity index (χ2n) is 3.12. The summed E-state index contributed by atoms with van der Waals surface area (Å²) in [6, 6.07) is 1.62. The average molecular weight is 228 g/mol. The molecule has 1 amide bonds. The number of carbonyl (C=O) groups is 1. The molecule has 1 aromatic rings. The Kier molecular flexibility index (Phi) is 3.91. The van der Waals surface area contributed by atoms with Crippen molar-refractivity contribution in [2.24, 2.45) is 0 Å². The van der Waals surface area contributed by atoms with Crippen molar-refractivity contribution in [1.82, 2.24) is 9.88 Å². The summed E-state index contributed by atoms with van der Waals surface area (Å²) < 4.78 is 0. The molecule has 0 radical (unpaired) electrons. The quantitative estimate of drug-likeness (QED) is 0.858. The summed E-state index contributed by atoms with van der Waals surface area (Å²) in [6.07, 6.45) is 1.52. The molecule has 0 fully saturated rings. The van der Waals surface area contributed by atoms with Crippen LogP contribution in [0.1, 0.15) is 17.3 Å². The van der Waals surface area contributed by atoms with Gasteiger partial charge in [0.25, 0.3) is 5.91 Å². The predicted octanol–water partition coefficient (Wildman–Crippen LogP) is 1.87. The van der Waals surface area contributed by atoms with Gasteiger partial charge in [-0.25, -0.2) is 4.98 Å². The zero-order valence-corrected chi connectivity index (χ0v) is 9.80. The first-order chi connectivity index (χ1) is 7.10. The van der Waals surface area contributed by atoms with Gasteiger partial charge in [0.2, 0.25) is 0 Å². The summed E-state index contributed by atoms with van der Waals surface area (Å²) in [5, 5.41) is 3.29. The Hall–Kier alpha value is -1.29. The van der Waals surface area contributed by atoms with Crippen LogP contribution in [0.15, 0.2) is 12.3 Å². The average Bonchev–Trinajstić information content (AvgIpc) is 2.26. The molecule has 0 atom stereocenters. The lowest BCUT2D eigenvalue weighted by Gasteiger charge is -2.14. The smallest absolute Gasteiger partial charge is 0.255 e. The fourth-order valence-corrected chi connectivity index (χ4v) is 1.36. The first-order valence-electron chi connectivity index (χ1n) is 4.69. The standard InChI is InChI=1S/C10H14ClN3O/c1-4-14(3)10(15)7-5-8(11)9(12-2)13-6-7/h5-6H,4H2,1-3H3,(H,12,13). The van der Waals surface area contributed by atoms with Crippen molar-refractivity contribution < 1.29 is 4.79 Å². The maximum absolute atomic E-state index is 11.7. The molecule has 1 aromatic heterocycles. The van der Waals surface area contributed by atoms with E-state index in [4.69, 9.17) is 11.6 Å². The van der Waals surface area contributed by atoms with E-state index in [0.717, 1.165) is 0 Å². The second kappa shape index (κ2) is 4.98. The fraction of sp³-hybridized carbons (Fsp3) is 0.400. The van der Waals surface area contributed by atoms with Gasteiger partial charge in [0.15, 0.2) is 0 Å². The molecule has 1 N–H and O–H groups in total. The Morgan fingerprint density at radius 3 is 2.80 bits per heavy atom. The lowest BCUT2D eigenvalue weighted by Crippen LogP contribution is -2.26. The van der Waals surface area contributed by atoms with Crippen LogP contribution in [0.5, 0.6) is 0 Å². The minimum atomic E-state index is -0.0745. The third-order valence-electron chi connectivity index (χ3n) is 2.15. The van der Waals surface area contributed by atoms with Gasteiger partial charge < -0.3 is 10.2 Å². The summed E-state index contributed by atoms with van der Waals surface area (Å²) in [5.41, 5.74) is 0.503. The van der Waals surface area contributed by atoms with Crippen LogP contribution in [0.25, 0.3) is 0 Å². The highest BCUT2D eigenvalue weighted by atomic mass is 35.5. The Morgan fingerprint density at radius 2 is 2.33 bits per heavy atom. The zero-order chi connectivity index (χ0) is 11.4. The van der Waals surface area contributed by atoms with E-state index >= 15 is 0 Å². The number of hydrogen-bond donors (Lipinski definition) is 1. The minimum Gasteiger partial charge on any atom is -0.372 e. The van der Waals surface area contributed by atoms with Gasteiger partial charge in [-0.05, 0) is 13.0 Å². The van der Waals surface area contributed by atoms with Crippen molar-refractivity contribution in [3.63, 3.8) is 0 Å². The topological polar surface area (TPSA) is 45.2 Å². The molecule has 0 aliphatic carbocycles. The van der Waals surface area contributed by atoms with E-state index in [9.17, 15) is 4.79 Å². The van der Waals surface area contributed by atoms with E-state index in [-0.39, 0.29) is 5.91 Å². The van der Waals surface area contributed by atoms with Gasteiger partial charge in [0.1, 0.15) is 5.82 Å². The van der Waals surface area contributed by atoms with Crippen LogP contribution in [-0.2, 0) is 0 Å². The van der Waals surface area contributed by atoms with Crippen molar-refractivity contribution in [3.8, 4) is 0 Å². The van der Waals surface area contributed by atoms with Crippen molar-refractivity contribution in [2.75, 3.05) is 26.0 Å². The maximum Gasteiger partial charge on any atom is 0.255 e. The minimum absolute atomic E-state index is 0.0745. The van der Waals surface area contributed by atoms with Gasteiger partial charge >= 0.3 is 0 Å². The maximum atomic E-state index is 11.7. The largest absolute Gasteiger partial charge is 0.372 e. The molecule has 0 unspecified atom stereocenters. The predicted molar refractivity (Wildman–Crippen MR) is 61.4 cm³/mol. The van der Waals surface area contributed by atoms with Gasteiger partial charge in [0.05, 0.1) is 10.6 Å². The third-order valence-corrected chi connectivity index (χ3v) is 2.43. The summed E-state index contributed by atoms with van der Waals surface area (Å²) in [5.74, 6) is 0.502. The molecule has 5 heteroatoms. The normalized spacial score (nSPS) is 9.87. The number of halogens is 1. The molecule has 15 heavy (non-hydrogen) atoms. The molecule has 0 saturated carbocycles. The van der Waals surface area contributed by atoms with E-state index < -0.39 is 0 Å². The molecule has 0 bridgehead atoms. The van der Waals surface area contributed by atoms with Crippen molar-refractivity contribution in [2.45, 2.75) is 6.92 Å². The number of pyridine rings is 1. The molecule has 0 saturated heterocycles. The SMILES string of the molecule is CCN(C)C(=O)c1cnc(NC)c(Cl)c1. The number of rotatable bonds is 3. The summed E-state index contributed by atoms with van der Waals surface area (Å²) >= 11 is 5.93. The Balaban J connectivity index is 2.97. The summed E-state index contributed by atoms with van der Waals surface area (Å²) in [7, 11) is 3.47. The van der Waals surface area contributed by atoms with Crippen molar-refractivity contribution in [3.05, 3.63) is 22.8 Å². The molecule has 82 valence electrons. The number of carbonyl (C=O) groups excluding carboxylic acids is 1. The Labute approximate surface area is 94.3 Å². The van der Waals surface area contributed by atoms with Gasteiger partial charge in [0, 0.05) is 26.8 Å². The first-order valence-corrected chi connectivity index (χ1v) is 5.06. The molecule has 4 nitrogen and oxygen atoms in total. The van der Waals surface area contributed by atoms with Crippen LogP contribution in [0.3, 0.4) is 0 Å². The van der Waals surface area contributed by atoms with Gasteiger partial charge in [-0.3, -0.25) is 4.79 Å². The van der Waals surface area contributed by atoms with Gasteiger partial charge in [-0.15, -0.1) is 0 Å². The van der Waals surface area contributed by atoms with Crippen LogP contribution in [0.2, 0.25) is 5.02 Å². The molecule has 0 aliphatic heterocycles. The van der Waals surface area contributed by atoms with E-state index in [1.54, 1.807) is 25.1 Å². The molecule has 1 rings (SSSR count). The van der Waals surface area contributed by atoms with Crippen LogP contribution in [0.4, 0.5) is 5.82 Å². The number of amides is 1. The van der Waals surface area contributed by atoms with E-state index in [1.165, 1.54) is 6.20 Å². The van der Waals surface area contributed by atoms with Gasteiger partial charge in [-0.1, -0.05) is 11.6 Å². The molecule has 0 spiro atoms. The number of aromatic nitrogens is 1. The van der Waals surface area contributed by atoms with E-state index in [1.807, 2.05) is 6.92 Å². The zero-order valence-electron chi connectivity index (χ0n) is 9.04. The number of hydrogen-bond acceptors (Lipinski definition) is 3. The van der Waals surface area contributed by atoms with Crippen molar-refractivity contribution in [1.29, 1.82) is 0 Å². The third kappa shape index (κ3) is 2.59. The number of nitrogens with zero attached hydrogens (tertiary/aromatic N) is 2. The highest BCUT2D eigenvalue weighted by Crippen LogP contribution is 2.19. The second-order valence-corrected chi connectivity index (χ2v) is 3.53. The van der Waals surface area contributed by atoms with E-state index in [0.29, 0.717) is 22.9 Å².